The number of aromatic amines is 2. The predicted octanol–water partition coefficient (Wildman–Crippen LogP) is 5.58. The van der Waals surface area contributed by atoms with Gasteiger partial charge in [0.25, 0.3) is 0 Å². The molecule has 2 heterocycles. The smallest absolute Gasteiger partial charge is 0.250 e. The predicted molar refractivity (Wildman–Crippen MR) is 123 cm³/mol. The average molecular weight is 418 g/mol. The third-order valence-electron chi connectivity index (χ3n) is 5.41. The van der Waals surface area contributed by atoms with Crippen LogP contribution in [0.15, 0.2) is 53.5 Å². The molecule has 2 aromatic carbocycles. The van der Waals surface area contributed by atoms with Gasteiger partial charge in [-0.05, 0) is 46.7 Å². The van der Waals surface area contributed by atoms with Crippen LogP contribution in [0.25, 0.3) is 22.2 Å². The van der Waals surface area contributed by atoms with Gasteiger partial charge in [-0.2, -0.15) is 5.10 Å². The Bertz CT molecular complexity index is 1300. The normalized spacial score (nSPS) is 11.6. The summed E-state index contributed by atoms with van der Waals surface area (Å²) in [7, 11) is 1.61. The first-order chi connectivity index (χ1) is 14.8. The van der Waals surface area contributed by atoms with Crippen molar-refractivity contribution in [2.24, 2.45) is 0 Å². The van der Waals surface area contributed by atoms with E-state index in [1.54, 1.807) is 19.4 Å². The second-order valence-corrected chi connectivity index (χ2v) is 8.61. The molecule has 0 bridgehead atoms. The molecule has 0 saturated heterocycles. The summed E-state index contributed by atoms with van der Waals surface area (Å²) in [6.07, 6.45) is 2.67. The number of aromatic nitrogens is 3. The molecule has 0 aliphatic heterocycles. The summed E-state index contributed by atoms with van der Waals surface area (Å²) in [6.45, 7) is 8.68. The van der Waals surface area contributed by atoms with Gasteiger partial charge in [-0.3, -0.25) is 9.89 Å². The number of methoxy groups -OCH3 is 1. The lowest BCUT2D eigenvalue weighted by atomic mass is 9.85. The minimum absolute atomic E-state index is 0.0638. The minimum Gasteiger partial charge on any atom is -0.493 e. The minimum atomic E-state index is -0.197. The molecule has 0 saturated carbocycles. The van der Waals surface area contributed by atoms with E-state index in [-0.39, 0.29) is 11.0 Å². The van der Waals surface area contributed by atoms with Crippen molar-refractivity contribution >= 4 is 11.0 Å². The Morgan fingerprint density at radius 1 is 1.00 bits per heavy atom. The van der Waals surface area contributed by atoms with Gasteiger partial charge in [-0.15, -0.1) is 0 Å². The Labute approximate surface area is 181 Å². The molecule has 0 aliphatic carbocycles. The van der Waals surface area contributed by atoms with E-state index in [1.807, 2.05) is 24.3 Å². The Kier molecular flexibility index (Phi) is 5.31. The van der Waals surface area contributed by atoms with Crippen LogP contribution in [0.1, 0.15) is 38.8 Å². The van der Waals surface area contributed by atoms with Gasteiger partial charge in [0.05, 0.1) is 13.3 Å². The summed E-state index contributed by atoms with van der Waals surface area (Å²) in [6, 6.07) is 13.6. The average Bonchev–Trinajstić information content (AvgIpc) is 3.21. The first-order valence-electron chi connectivity index (χ1n) is 10.4. The first-order valence-corrected chi connectivity index (χ1v) is 10.4. The number of ether oxygens (including phenoxy) is 2. The van der Waals surface area contributed by atoms with Crippen LogP contribution >= 0.6 is 0 Å². The quantitative estimate of drug-likeness (QED) is 0.444. The van der Waals surface area contributed by atoms with Crippen LogP contribution in [0.3, 0.4) is 0 Å². The lowest BCUT2D eigenvalue weighted by Crippen LogP contribution is -2.13. The maximum atomic E-state index is 12.1. The molecule has 31 heavy (non-hydrogen) atoms. The topological polar surface area (TPSA) is 80.0 Å². The molecule has 0 fully saturated rings. The SMILES string of the molecule is CCc1ccc(Oc2ccc(-c3cc(=O)[nH]c4[nH]ncc34)cc2OC)c(C(C)(C)C)c1. The Balaban J connectivity index is 1.77. The van der Waals surface area contributed by atoms with E-state index in [4.69, 9.17) is 9.47 Å². The van der Waals surface area contributed by atoms with Gasteiger partial charge >= 0.3 is 0 Å². The number of H-pyrrole nitrogens is 2. The molecule has 0 unspecified atom stereocenters. The number of fused-ring (bicyclic) bond motifs is 1. The molecular formula is C25H27N3O3. The molecule has 0 spiro atoms. The number of aryl methyl sites for hydroxylation is 1. The van der Waals surface area contributed by atoms with Crippen LogP contribution in [0.4, 0.5) is 0 Å². The largest absolute Gasteiger partial charge is 0.493 e. The zero-order valence-electron chi connectivity index (χ0n) is 18.5. The number of nitrogens with zero attached hydrogens (tertiary/aromatic N) is 1. The summed E-state index contributed by atoms with van der Waals surface area (Å²) in [5, 5.41) is 7.69. The van der Waals surface area contributed by atoms with Crippen LogP contribution in [0.5, 0.6) is 17.2 Å². The molecule has 2 N–H and O–H groups in total. The number of hydrogen-bond acceptors (Lipinski definition) is 4. The molecule has 0 atom stereocenters. The molecule has 0 aliphatic rings. The fourth-order valence-corrected chi connectivity index (χ4v) is 3.70. The number of pyridine rings is 1. The Hall–Kier alpha value is -3.54. The van der Waals surface area contributed by atoms with Gasteiger partial charge in [0, 0.05) is 17.0 Å². The monoisotopic (exact) mass is 417 g/mol. The highest BCUT2D eigenvalue weighted by Gasteiger charge is 2.21. The van der Waals surface area contributed by atoms with Crippen LogP contribution in [-0.4, -0.2) is 22.3 Å². The van der Waals surface area contributed by atoms with Crippen LogP contribution in [-0.2, 0) is 11.8 Å². The van der Waals surface area contributed by atoms with E-state index < -0.39 is 0 Å². The Morgan fingerprint density at radius 2 is 1.77 bits per heavy atom. The lowest BCUT2D eigenvalue weighted by molar-refractivity contribution is 0.374. The lowest BCUT2D eigenvalue weighted by Gasteiger charge is -2.24. The molecule has 6 heteroatoms. The highest BCUT2D eigenvalue weighted by Crippen LogP contribution is 2.40. The number of hydrogen-bond donors (Lipinski definition) is 2. The van der Waals surface area contributed by atoms with E-state index in [1.165, 1.54) is 5.56 Å². The van der Waals surface area contributed by atoms with Crippen LogP contribution < -0.4 is 15.0 Å². The molecule has 160 valence electrons. The highest BCUT2D eigenvalue weighted by atomic mass is 16.5. The third kappa shape index (κ3) is 4.06. The van der Waals surface area contributed by atoms with Gasteiger partial charge in [0.2, 0.25) is 5.56 Å². The summed E-state index contributed by atoms with van der Waals surface area (Å²) < 4.78 is 12.0. The van der Waals surface area contributed by atoms with Gasteiger partial charge < -0.3 is 14.5 Å². The number of benzene rings is 2. The summed E-state index contributed by atoms with van der Waals surface area (Å²) in [5.74, 6) is 2.02. The summed E-state index contributed by atoms with van der Waals surface area (Å²) in [4.78, 5) is 14.8. The molecule has 2 aromatic heterocycles. The Morgan fingerprint density at radius 3 is 2.48 bits per heavy atom. The molecule has 6 nitrogen and oxygen atoms in total. The zero-order valence-corrected chi connectivity index (χ0v) is 18.5. The summed E-state index contributed by atoms with van der Waals surface area (Å²) in [5.41, 5.74) is 4.38. The maximum Gasteiger partial charge on any atom is 0.250 e. The van der Waals surface area contributed by atoms with Crippen molar-refractivity contribution in [3.63, 3.8) is 0 Å². The standard InChI is InChI=1S/C25H27N3O3/c1-6-15-7-9-20(19(11-15)25(2,3)4)31-21-10-8-16(12-22(21)30-5)17-13-23(29)27-24-18(17)14-26-28-24/h7-14H,6H2,1-5H3,(H2,26,27,28,29). The molecule has 4 aromatic rings. The number of nitrogens with one attached hydrogen (secondary N) is 2. The van der Waals surface area contributed by atoms with Crippen LogP contribution in [0.2, 0.25) is 0 Å². The fraction of sp³-hybridized carbons (Fsp3) is 0.280. The highest BCUT2D eigenvalue weighted by molar-refractivity contribution is 5.92. The van der Waals surface area contributed by atoms with E-state index >= 15 is 0 Å². The first kappa shape index (κ1) is 20.7. The summed E-state index contributed by atoms with van der Waals surface area (Å²) >= 11 is 0. The van der Waals surface area contributed by atoms with Gasteiger partial charge in [-0.25, -0.2) is 0 Å². The molecular weight excluding hydrogens is 390 g/mol. The van der Waals surface area contributed by atoms with E-state index in [2.05, 4.69) is 55.0 Å². The van der Waals surface area contributed by atoms with Crippen molar-refractivity contribution < 1.29 is 9.47 Å². The van der Waals surface area contributed by atoms with Crippen molar-refractivity contribution in [2.75, 3.05) is 7.11 Å². The van der Waals surface area contributed by atoms with E-state index in [0.29, 0.717) is 17.1 Å². The zero-order chi connectivity index (χ0) is 22.2. The van der Waals surface area contributed by atoms with Crippen molar-refractivity contribution in [3.8, 4) is 28.4 Å². The van der Waals surface area contributed by atoms with Gasteiger partial charge in [0.15, 0.2) is 11.5 Å². The molecule has 4 rings (SSSR count). The molecule has 0 amide bonds. The van der Waals surface area contributed by atoms with Crippen LogP contribution in [0, 0.1) is 0 Å². The van der Waals surface area contributed by atoms with E-state index in [9.17, 15) is 4.79 Å². The van der Waals surface area contributed by atoms with Crippen molar-refractivity contribution in [1.29, 1.82) is 0 Å². The van der Waals surface area contributed by atoms with Crippen molar-refractivity contribution in [2.45, 2.75) is 39.5 Å². The van der Waals surface area contributed by atoms with Crippen molar-refractivity contribution in [3.05, 3.63) is 70.1 Å². The number of rotatable bonds is 5. The molecule has 0 radical (unpaired) electrons. The maximum absolute atomic E-state index is 12.1. The van der Waals surface area contributed by atoms with E-state index in [0.717, 1.165) is 34.2 Å². The fourth-order valence-electron chi connectivity index (χ4n) is 3.70. The van der Waals surface area contributed by atoms with Crippen molar-refractivity contribution in [1.82, 2.24) is 15.2 Å². The second-order valence-electron chi connectivity index (χ2n) is 8.61. The second kappa shape index (κ2) is 7.95. The van der Waals surface area contributed by atoms with Gasteiger partial charge in [-0.1, -0.05) is 45.9 Å². The third-order valence-corrected chi connectivity index (χ3v) is 5.41. The van der Waals surface area contributed by atoms with Gasteiger partial charge in [0.1, 0.15) is 11.4 Å².